The lowest BCUT2D eigenvalue weighted by atomic mass is 9.89. The molecule has 0 aliphatic carbocycles. The van der Waals surface area contributed by atoms with Crippen molar-refractivity contribution in [2.45, 2.75) is 38.1 Å². The molecule has 0 aromatic heterocycles. The Morgan fingerprint density at radius 2 is 1.88 bits per heavy atom. The number of piperidine rings is 1. The van der Waals surface area contributed by atoms with E-state index in [1.54, 1.807) is 11.8 Å². The van der Waals surface area contributed by atoms with Crippen LogP contribution in [0.25, 0.3) is 0 Å². The van der Waals surface area contributed by atoms with E-state index in [4.69, 9.17) is 4.74 Å². The molecule has 0 spiro atoms. The quantitative estimate of drug-likeness (QED) is 0.853. The van der Waals surface area contributed by atoms with Gasteiger partial charge in [-0.2, -0.15) is 13.2 Å². The van der Waals surface area contributed by atoms with Gasteiger partial charge in [-0.1, -0.05) is 18.2 Å². The van der Waals surface area contributed by atoms with E-state index in [1.165, 1.54) is 25.3 Å². The normalized spacial score (nSPS) is 19.8. The molecule has 1 aromatic rings. The second-order valence-electron chi connectivity index (χ2n) is 6.12. The van der Waals surface area contributed by atoms with Gasteiger partial charge in [0.15, 0.2) is 0 Å². The van der Waals surface area contributed by atoms with E-state index in [9.17, 15) is 23.1 Å². The van der Waals surface area contributed by atoms with Crippen molar-refractivity contribution in [2.75, 3.05) is 20.2 Å². The number of alkyl halides is 3. The zero-order chi connectivity index (χ0) is 17.9. The van der Waals surface area contributed by atoms with Crippen molar-refractivity contribution in [3.63, 3.8) is 0 Å². The molecule has 2 rings (SSSR count). The van der Waals surface area contributed by atoms with Gasteiger partial charge in [-0.3, -0.25) is 4.90 Å². The van der Waals surface area contributed by atoms with Gasteiger partial charge in [0.1, 0.15) is 6.04 Å². The van der Waals surface area contributed by atoms with Crippen LogP contribution in [0.1, 0.15) is 36.9 Å². The number of carbonyl (C=O) groups is 1. The van der Waals surface area contributed by atoms with Crippen molar-refractivity contribution >= 4 is 5.97 Å². The summed E-state index contributed by atoms with van der Waals surface area (Å²) in [5, 5.41) is 9.67. The first kappa shape index (κ1) is 18.7. The van der Waals surface area contributed by atoms with Crippen LogP contribution in [0.3, 0.4) is 0 Å². The molecule has 1 saturated heterocycles. The van der Waals surface area contributed by atoms with Crippen LogP contribution in [0.2, 0.25) is 0 Å². The molecule has 4 nitrogen and oxygen atoms in total. The number of hydrogen-bond donors (Lipinski definition) is 1. The van der Waals surface area contributed by atoms with Gasteiger partial charge in [0, 0.05) is 0 Å². The second kappa shape index (κ2) is 7.53. The third kappa shape index (κ3) is 4.08. The lowest BCUT2D eigenvalue weighted by molar-refractivity contribution is -0.149. The molecule has 1 aromatic carbocycles. The van der Waals surface area contributed by atoms with Crippen molar-refractivity contribution in [1.82, 2.24) is 4.90 Å². The molecule has 0 saturated carbocycles. The van der Waals surface area contributed by atoms with E-state index >= 15 is 0 Å². The monoisotopic (exact) mass is 345 g/mol. The molecule has 1 fully saturated rings. The predicted octanol–water partition coefficient (Wildman–Crippen LogP) is 3.01. The van der Waals surface area contributed by atoms with Gasteiger partial charge in [0.25, 0.3) is 0 Å². The summed E-state index contributed by atoms with van der Waals surface area (Å²) in [6.07, 6.45) is -3.76. The van der Waals surface area contributed by atoms with E-state index in [2.05, 4.69) is 0 Å². The number of esters is 1. The molecule has 1 heterocycles. The van der Waals surface area contributed by atoms with Crippen LogP contribution >= 0.6 is 0 Å². The molecule has 1 aliphatic heterocycles. The number of hydrogen-bond acceptors (Lipinski definition) is 4. The summed E-state index contributed by atoms with van der Waals surface area (Å²) in [6.45, 7) is 2.57. The Morgan fingerprint density at radius 3 is 2.38 bits per heavy atom. The number of aliphatic hydroxyl groups is 1. The summed E-state index contributed by atoms with van der Waals surface area (Å²) < 4.78 is 44.7. The average molecular weight is 345 g/mol. The van der Waals surface area contributed by atoms with Crippen molar-refractivity contribution in [3.8, 4) is 0 Å². The number of benzene rings is 1. The Hall–Kier alpha value is -1.60. The highest BCUT2D eigenvalue weighted by Gasteiger charge is 2.40. The molecule has 1 N–H and O–H groups in total. The zero-order valence-electron chi connectivity index (χ0n) is 13.7. The Kier molecular flexibility index (Phi) is 5.87. The average Bonchev–Trinajstić information content (AvgIpc) is 2.55. The Bertz CT molecular complexity index is 566. The number of likely N-dealkylation sites (tertiary alicyclic amines) is 1. The molecular formula is C17H22F3NO3. The van der Waals surface area contributed by atoms with Crippen molar-refractivity contribution < 1.29 is 27.8 Å². The fourth-order valence-corrected chi connectivity index (χ4v) is 3.24. The van der Waals surface area contributed by atoms with Crippen molar-refractivity contribution in [2.24, 2.45) is 5.92 Å². The minimum absolute atomic E-state index is 0.0904. The second-order valence-corrected chi connectivity index (χ2v) is 6.12. The molecule has 1 aliphatic rings. The maximum atomic E-state index is 13.3. The highest BCUT2D eigenvalue weighted by molar-refractivity contribution is 5.78. The van der Waals surface area contributed by atoms with Crippen LogP contribution in [-0.4, -0.2) is 42.3 Å². The number of nitrogens with zero attached hydrogens (tertiary/aromatic N) is 1. The van der Waals surface area contributed by atoms with E-state index in [1.807, 2.05) is 0 Å². The zero-order valence-corrected chi connectivity index (χ0v) is 13.7. The number of rotatable bonds is 4. The molecule has 7 heteroatoms. The number of methoxy groups -OCH3 is 1. The van der Waals surface area contributed by atoms with Gasteiger partial charge < -0.3 is 9.84 Å². The van der Waals surface area contributed by atoms with Gasteiger partial charge in [-0.05, 0) is 50.4 Å². The van der Waals surface area contributed by atoms with Crippen molar-refractivity contribution in [1.29, 1.82) is 0 Å². The van der Waals surface area contributed by atoms with E-state index in [-0.39, 0.29) is 11.5 Å². The lowest BCUT2D eigenvalue weighted by Crippen LogP contribution is -2.43. The van der Waals surface area contributed by atoms with Gasteiger partial charge in [-0.15, -0.1) is 0 Å². The first-order chi connectivity index (χ1) is 11.3. The number of aliphatic hydroxyl groups excluding tert-OH is 1. The third-order valence-corrected chi connectivity index (χ3v) is 4.61. The molecule has 0 radical (unpaired) electrons. The number of carbonyl (C=O) groups excluding carboxylic acids is 1. The van der Waals surface area contributed by atoms with Crippen LogP contribution in [0, 0.1) is 5.92 Å². The molecule has 24 heavy (non-hydrogen) atoms. The largest absolute Gasteiger partial charge is 0.468 e. The maximum Gasteiger partial charge on any atom is 0.416 e. The molecule has 134 valence electrons. The van der Waals surface area contributed by atoms with Crippen LogP contribution in [0.4, 0.5) is 13.2 Å². The summed E-state index contributed by atoms with van der Waals surface area (Å²) in [4.78, 5) is 13.9. The third-order valence-electron chi connectivity index (χ3n) is 4.61. The standard InChI is InChI=1S/C17H22F3NO3/c1-11(22)12-7-9-21(10-8-12)15(16(23)24-2)13-5-3-4-6-14(13)17(18,19)20/h3-6,11-12,15,22H,7-10H2,1-2H3. The van der Waals surface area contributed by atoms with E-state index in [0.717, 1.165) is 6.07 Å². The topological polar surface area (TPSA) is 49.8 Å². The van der Waals surface area contributed by atoms with Gasteiger partial charge in [-0.25, -0.2) is 4.79 Å². The summed E-state index contributed by atoms with van der Waals surface area (Å²) >= 11 is 0. The van der Waals surface area contributed by atoms with Gasteiger partial charge >= 0.3 is 12.1 Å². The fourth-order valence-electron chi connectivity index (χ4n) is 3.24. The van der Waals surface area contributed by atoms with Gasteiger partial charge in [0.05, 0.1) is 18.8 Å². The number of ether oxygens (including phenoxy) is 1. The van der Waals surface area contributed by atoms with Crippen LogP contribution in [0.15, 0.2) is 24.3 Å². The van der Waals surface area contributed by atoms with Crippen LogP contribution in [-0.2, 0) is 15.7 Å². The van der Waals surface area contributed by atoms with Crippen molar-refractivity contribution in [3.05, 3.63) is 35.4 Å². The Morgan fingerprint density at radius 1 is 1.29 bits per heavy atom. The summed E-state index contributed by atoms with van der Waals surface area (Å²) in [6, 6.07) is 4.00. The molecule has 0 bridgehead atoms. The van der Waals surface area contributed by atoms with E-state index < -0.39 is 29.9 Å². The van der Waals surface area contributed by atoms with Crippen LogP contribution < -0.4 is 0 Å². The SMILES string of the molecule is COC(=O)C(c1ccccc1C(F)(F)F)N1CCC(C(C)O)CC1. The summed E-state index contributed by atoms with van der Waals surface area (Å²) in [7, 11) is 1.17. The molecule has 2 unspecified atom stereocenters. The highest BCUT2D eigenvalue weighted by Crippen LogP contribution is 2.38. The lowest BCUT2D eigenvalue weighted by Gasteiger charge is -2.37. The maximum absolute atomic E-state index is 13.3. The van der Waals surface area contributed by atoms with E-state index in [0.29, 0.717) is 25.9 Å². The van der Waals surface area contributed by atoms with Gasteiger partial charge in [0.2, 0.25) is 0 Å². The molecule has 0 amide bonds. The smallest absolute Gasteiger partial charge is 0.416 e. The molecular weight excluding hydrogens is 323 g/mol. The first-order valence-corrected chi connectivity index (χ1v) is 7.91. The highest BCUT2D eigenvalue weighted by atomic mass is 19.4. The summed E-state index contributed by atoms with van der Waals surface area (Å²) in [5.74, 6) is -0.611. The summed E-state index contributed by atoms with van der Waals surface area (Å²) in [5.41, 5.74) is -0.912. The Labute approximate surface area is 139 Å². The minimum Gasteiger partial charge on any atom is -0.468 e. The minimum atomic E-state index is -4.54. The first-order valence-electron chi connectivity index (χ1n) is 7.91. The fraction of sp³-hybridized carbons (Fsp3) is 0.588. The Balaban J connectivity index is 2.33. The molecule has 2 atom stereocenters. The number of halogens is 3. The van der Waals surface area contributed by atoms with Crippen LogP contribution in [0.5, 0.6) is 0 Å². The predicted molar refractivity (Wildman–Crippen MR) is 82.2 cm³/mol.